The Kier molecular flexibility index (Phi) is 4.23. The number of hydrogen-bond acceptors (Lipinski definition) is 4. The van der Waals surface area contributed by atoms with Crippen LogP contribution in [0.5, 0.6) is 0 Å². The Morgan fingerprint density at radius 1 is 1.53 bits per heavy atom. The van der Waals surface area contributed by atoms with Gasteiger partial charge in [-0.2, -0.15) is 0 Å². The maximum atomic E-state index is 9.36. The molecule has 4 nitrogen and oxygen atoms in total. The first-order valence-electron chi connectivity index (χ1n) is 5.70. The number of rotatable bonds is 3. The van der Waals surface area contributed by atoms with Crippen molar-refractivity contribution in [2.45, 2.75) is 12.6 Å². The largest absolute Gasteiger partial charge is 0.394 e. The Labute approximate surface area is 106 Å². The van der Waals surface area contributed by atoms with Crippen LogP contribution in [0.25, 0.3) is 0 Å². The molecule has 0 saturated carbocycles. The van der Waals surface area contributed by atoms with Crippen LogP contribution in [-0.4, -0.2) is 37.5 Å². The molecule has 1 aromatic rings. The number of nitrogens with two attached hydrogens (primary N) is 1. The fourth-order valence-electron chi connectivity index (χ4n) is 2.12. The van der Waals surface area contributed by atoms with Gasteiger partial charge in [0.1, 0.15) is 0 Å². The molecule has 17 heavy (non-hydrogen) atoms. The van der Waals surface area contributed by atoms with Crippen LogP contribution in [0.4, 0.5) is 5.69 Å². The maximum Gasteiger partial charge on any atom is 0.0755 e. The van der Waals surface area contributed by atoms with Gasteiger partial charge >= 0.3 is 0 Å². The van der Waals surface area contributed by atoms with Crippen molar-refractivity contribution in [3.8, 4) is 0 Å². The predicted octanol–water partition coefficient (Wildman–Crippen LogP) is 0.996. The fraction of sp³-hybridized carbons (Fsp3) is 0.500. The van der Waals surface area contributed by atoms with E-state index >= 15 is 0 Å². The van der Waals surface area contributed by atoms with Crippen LogP contribution in [0.2, 0.25) is 5.02 Å². The molecule has 2 rings (SSSR count). The minimum Gasteiger partial charge on any atom is -0.394 e. The van der Waals surface area contributed by atoms with Crippen molar-refractivity contribution in [3.05, 3.63) is 28.8 Å². The highest BCUT2D eigenvalue weighted by molar-refractivity contribution is 6.30. The van der Waals surface area contributed by atoms with E-state index in [9.17, 15) is 5.11 Å². The lowest BCUT2D eigenvalue weighted by molar-refractivity contribution is 0.0726. The van der Waals surface area contributed by atoms with E-state index in [1.54, 1.807) is 0 Å². The molecule has 0 aromatic heterocycles. The van der Waals surface area contributed by atoms with E-state index in [0.29, 0.717) is 24.8 Å². The highest BCUT2D eigenvalue weighted by Crippen LogP contribution is 2.26. The van der Waals surface area contributed by atoms with Crippen molar-refractivity contribution in [2.75, 3.05) is 31.3 Å². The first kappa shape index (κ1) is 12.6. The van der Waals surface area contributed by atoms with E-state index in [1.807, 2.05) is 18.2 Å². The van der Waals surface area contributed by atoms with Gasteiger partial charge in [-0.1, -0.05) is 11.6 Å². The van der Waals surface area contributed by atoms with Crippen molar-refractivity contribution in [1.82, 2.24) is 0 Å². The zero-order valence-electron chi connectivity index (χ0n) is 9.60. The van der Waals surface area contributed by atoms with Gasteiger partial charge in [0.05, 0.1) is 25.9 Å². The lowest BCUT2D eigenvalue weighted by Crippen LogP contribution is -2.48. The van der Waals surface area contributed by atoms with E-state index in [-0.39, 0.29) is 12.6 Å². The molecule has 1 fully saturated rings. The molecule has 3 N–H and O–H groups in total. The third-order valence-corrected chi connectivity index (χ3v) is 3.24. The molecule has 0 aliphatic carbocycles. The second-order valence-electron chi connectivity index (χ2n) is 4.08. The van der Waals surface area contributed by atoms with E-state index in [4.69, 9.17) is 22.1 Å². The molecule has 1 unspecified atom stereocenters. The second kappa shape index (κ2) is 5.69. The van der Waals surface area contributed by atoms with Crippen molar-refractivity contribution in [3.63, 3.8) is 0 Å². The highest BCUT2D eigenvalue weighted by Gasteiger charge is 2.24. The molecule has 1 atom stereocenters. The second-order valence-corrected chi connectivity index (χ2v) is 4.52. The van der Waals surface area contributed by atoms with Crippen LogP contribution in [0.3, 0.4) is 0 Å². The molecule has 1 aliphatic rings. The third kappa shape index (κ3) is 2.72. The Morgan fingerprint density at radius 3 is 3.06 bits per heavy atom. The number of aliphatic hydroxyl groups is 1. The molecule has 1 saturated heterocycles. The van der Waals surface area contributed by atoms with Crippen LogP contribution in [0, 0.1) is 0 Å². The first-order valence-corrected chi connectivity index (χ1v) is 6.07. The summed E-state index contributed by atoms with van der Waals surface area (Å²) in [5.41, 5.74) is 7.77. The topological polar surface area (TPSA) is 58.7 Å². The van der Waals surface area contributed by atoms with E-state index in [1.165, 1.54) is 0 Å². The molecule has 94 valence electrons. The van der Waals surface area contributed by atoms with E-state index in [0.717, 1.165) is 17.8 Å². The smallest absolute Gasteiger partial charge is 0.0755 e. The minimum atomic E-state index is -0.00442. The molecular weight excluding hydrogens is 240 g/mol. The van der Waals surface area contributed by atoms with E-state index < -0.39 is 0 Å². The number of hydrogen-bond donors (Lipinski definition) is 2. The summed E-state index contributed by atoms with van der Waals surface area (Å²) < 4.78 is 5.36. The molecule has 0 bridgehead atoms. The zero-order chi connectivity index (χ0) is 12.3. The minimum absolute atomic E-state index is 0.00442. The van der Waals surface area contributed by atoms with Crippen LogP contribution < -0.4 is 10.6 Å². The van der Waals surface area contributed by atoms with Gasteiger partial charge in [0.2, 0.25) is 0 Å². The summed E-state index contributed by atoms with van der Waals surface area (Å²) in [7, 11) is 0. The number of anilines is 1. The van der Waals surface area contributed by atoms with Gasteiger partial charge in [-0.3, -0.25) is 0 Å². The number of nitrogens with zero attached hydrogens (tertiary/aromatic N) is 1. The van der Waals surface area contributed by atoms with Gasteiger partial charge in [0.15, 0.2) is 0 Å². The molecule has 1 heterocycles. The summed E-state index contributed by atoms with van der Waals surface area (Å²) in [6.07, 6.45) is 0. The monoisotopic (exact) mass is 256 g/mol. The molecule has 5 heteroatoms. The highest BCUT2D eigenvalue weighted by atomic mass is 35.5. The molecule has 1 aromatic carbocycles. The third-order valence-electron chi connectivity index (χ3n) is 3.01. The van der Waals surface area contributed by atoms with Crippen LogP contribution >= 0.6 is 11.6 Å². The average Bonchev–Trinajstić information content (AvgIpc) is 2.38. The molecule has 0 radical (unpaired) electrons. The molecule has 0 amide bonds. The Balaban J connectivity index is 2.30. The van der Waals surface area contributed by atoms with Crippen molar-refractivity contribution >= 4 is 17.3 Å². The number of aliphatic hydroxyl groups excluding tert-OH is 1. The number of halogens is 1. The lowest BCUT2D eigenvalue weighted by Gasteiger charge is -2.37. The van der Waals surface area contributed by atoms with Crippen molar-refractivity contribution < 1.29 is 9.84 Å². The predicted molar refractivity (Wildman–Crippen MR) is 68.4 cm³/mol. The molecule has 1 aliphatic heterocycles. The van der Waals surface area contributed by atoms with Gasteiger partial charge in [-0.05, 0) is 23.8 Å². The Bertz CT molecular complexity index is 387. The quantitative estimate of drug-likeness (QED) is 0.847. The number of ether oxygens (including phenoxy) is 1. The fourth-order valence-corrected chi connectivity index (χ4v) is 2.32. The standard InChI is InChI=1S/C12H17ClN2O2/c13-10-1-2-12(9(5-10)6-14)15-3-4-17-8-11(15)7-16/h1-2,5,11,16H,3-4,6-8,14H2. The zero-order valence-corrected chi connectivity index (χ0v) is 10.4. The van der Waals surface area contributed by atoms with Gasteiger partial charge in [0, 0.05) is 23.8 Å². The summed E-state index contributed by atoms with van der Waals surface area (Å²) in [6.45, 7) is 2.49. The summed E-state index contributed by atoms with van der Waals surface area (Å²) in [5, 5.41) is 10.0. The number of morpholine rings is 1. The summed E-state index contributed by atoms with van der Waals surface area (Å²) >= 11 is 5.96. The Morgan fingerprint density at radius 2 is 2.35 bits per heavy atom. The van der Waals surface area contributed by atoms with Crippen molar-refractivity contribution in [2.24, 2.45) is 5.73 Å². The Hall–Kier alpha value is -0.810. The SMILES string of the molecule is NCc1cc(Cl)ccc1N1CCOCC1CO. The van der Waals surface area contributed by atoms with Crippen LogP contribution in [-0.2, 0) is 11.3 Å². The summed E-state index contributed by atoms with van der Waals surface area (Å²) in [6, 6.07) is 5.68. The van der Waals surface area contributed by atoms with Crippen LogP contribution in [0.15, 0.2) is 18.2 Å². The molecule has 0 spiro atoms. The van der Waals surface area contributed by atoms with Gasteiger partial charge in [-0.15, -0.1) is 0 Å². The average molecular weight is 257 g/mol. The van der Waals surface area contributed by atoms with Crippen molar-refractivity contribution in [1.29, 1.82) is 0 Å². The van der Waals surface area contributed by atoms with Crippen LogP contribution in [0.1, 0.15) is 5.56 Å². The maximum absolute atomic E-state index is 9.36. The normalized spacial score (nSPS) is 20.6. The van der Waals surface area contributed by atoms with Gasteiger partial charge in [0.25, 0.3) is 0 Å². The first-order chi connectivity index (χ1) is 8.26. The molecular formula is C12H17ClN2O2. The van der Waals surface area contributed by atoms with Gasteiger partial charge in [-0.25, -0.2) is 0 Å². The number of benzene rings is 1. The van der Waals surface area contributed by atoms with Gasteiger partial charge < -0.3 is 20.5 Å². The lowest BCUT2D eigenvalue weighted by atomic mass is 10.1. The summed E-state index contributed by atoms with van der Waals surface area (Å²) in [5.74, 6) is 0. The van der Waals surface area contributed by atoms with E-state index in [2.05, 4.69) is 4.90 Å². The summed E-state index contributed by atoms with van der Waals surface area (Å²) in [4.78, 5) is 2.14.